The number of carboxylic acid groups (broad SMARTS) is 1. The van der Waals surface area contributed by atoms with Crippen LogP contribution in [0.4, 0.5) is 4.79 Å². The zero-order valence-electron chi connectivity index (χ0n) is 11.6. The van der Waals surface area contributed by atoms with Crippen molar-refractivity contribution >= 4 is 17.9 Å². The summed E-state index contributed by atoms with van der Waals surface area (Å²) < 4.78 is 0. The minimum absolute atomic E-state index is 0.0873. The van der Waals surface area contributed by atoms with Crippen LogP contribution in [0.25, 0.3) is 0 Å². The van der Waals surface area contributed by atoms with Gasteiger partial charge in [-0.25, -0.2) is 9.59 Å². The Labute approximate surface area is 117 Å². The van der Waals surface area contributed by atoms with Gasteiger partial charge in [-0.15, -0.1) is 0 Å². The Morgan fingerprint density at radius 1 is 1.40 bits per heavy atom. The molecule has 0 aromatic carbocycles. The second-order valence-electron chi connectivity index (χ2n) is 4.78. The van der Waals surface area contributed by atoms with Crippen LogP contribution in [0.15, 0.2) is 0 Å². The van der Waals surface area contributed by atoms with E-state index < -0.39 is 30.4 Å². The fraction of sp³-hybridized carbons (Fsp3) is 0.750. The molecule has 1 rings (SSSR count). The normalized spacial score (nSPS) is 17.2. The SMILES string of the molecule is CCN(C(=O)NC(CC(N)=O)C(=O)O)C1CCNCC1. The molecule has 1 aliphatic rings. The summed E-state index contributed by atoms with van der Waals surface area (Å²) in [6.45, 7) is 3.99. The number of nitrogens with zero attached hydrogens (tertiary/aromatic N) is 1. The quantitative estimate of drug-likeness (QED) is 0.503. The Hall–Kier alpha value is -1.83. The Morgan fingerprint density at radius 2 is 2.00 bits per heavy atom. The number of nitrogens with two attached hydrogens (primary N) is 1. The minimum atomic E-state index is -1.28. The maximum absolute atomic E-state index is 12.1. The van der Waals surface area contributed by atoms with E-state index in [1.165, 1.54) is 0 Å². The van der Waals surface area contributed by atoms with Gasteiger partial charge in [-0.2, -0.15) is 0 Å². The van der Waals surface area contributed by atoms with Crippen molar-refractivity contribution in [2.75, 3.05) is 19.6 Å². The fourth-order valence-electron chi connectivity index (χ4n) is 2.32. The molecular formula is C12H22N4O4. The smallest absolute Gasteiger partial charge is 0.326 e. The second kappa shape index (κ2) is 7.68. The van der Waals surface area contributed by atoms with Crippen molar-refractivity contribution in [2.45, 2.75) is 38.3 Å². The number of carboxylic acids is 1. The molecule has 5 N–H and O–H groups in total. The lowest BCUT2D eigenvalue weighted by atomic mass is 10.1. The zero-order valence-corrected chi connectivity index (χ0v) is 11.6. The molecule has 1 saturated heterocycles. The summed E-state index contributed by atoms with van der Waals surface area (Å²) in [6, 6.07) is -1.66. The molecule has 8 nitrogen and oxygen atoms in total. The van der Waals surface area contributed by atoms with E-state index in [1.807, 2.05) is 6.92 Å². The topological polar surface area (TPSA) is 125 Å². The number of urea groups is 1. The molecule has 0 bridgehead atoms. The van der Waals surface area contributed by atoms with Crippen molar-refractivity contribution in [2.24, 2.45) is 5.73 Å². The van der Waals surface area contributed by atoms with E-state index in [4.69, 9.17) is 10.8 Å². The van der Waals surface area contributed by atoms with Crippen LogP contribution in [-0.4, -0.2) is 59.6 Å². The van der Waals surface area contributed by atoms with E-state index in [9.17, 15) is 14.4 Å². The molecule has 3 amide bonds. The van der Waals surface area contributed by atoms with Gasteiger partial charge in [-0.1, -0.05) is 0 Å². The molecule has 114 valence electrons. The summed E-state index contributed by atoms with van der Waals surface area (Å²) in [6.07, 6.45) is 1.24. The minimum Gasteiger partial charge on any atom is -0.480 e. The van der Waals surface area contributed by atoms with E-state index in [2.05, 4.69) is 10.6 Å². The van der Waals surface area contributed by atoms with E-state index in [0.717, 1.165) is 25.9 Å². The van der Waals surface area contributed by atoms with Crippen LogP contribution in [0.3, 0.4) is 0 Å². The van der Waals surface area contributed by atoms with Crippen molar-refractivity contribution in [3.05, 3.63) is 0 Å². The van der Waals surface area contributed by atoms with Crippen molar-refractivity contribution in [1.82, 2.24) is 15.5 Å². The van der Waals surface area contributed by atoms with Gasteiger partial charge in [-0.05, 0) is 32.9 Å². The third-order valence-corrected chi connectivity index (χ3v) is 3.35. The van der Waals surface area contributed by atoms with E-state index >= 15 is 0 Å². The molecule has 1 aliphatic heterocycles. The van der Waals surface area contributed by atoms with Gasteiger partial charge in [-0.3, -0.25) is 4.79 Å². The van der Waals surface area contributed by atoms with Gasteiger partial charge in [0.15, 0.2) is 0 Å². The monoisotopic (exact) mass is 286 g/mol. The highest BCUT2D eigenvalue weighted by atomic mass is 16.4. The number of nitrogens with one attached hydrogen (secondary N) is 2. The third kappa shape index (κ3) is 4.69. The highest BCUT2D eigenvalue weighted by molar-refractivity contribution is 5.87. The molecule has 1 heterocycles. The molecule has 0 radical (unpaired) electrons. The van der Waals surface area contributed by atoms with Gasteiger partial charge in [0, 0.05) is 12.6 Å². The predicted octanol–water partition coefficient (Wildman–Crippen LogP) is -0.901. The van der Waals surface area contributed by atoms with Gasteiger partial charge < -0.3 is 26.4 Å². The average Bonchev–Trinajstić information content (AvgIpc) is 2.39. The Kier molecular flexibility index (Phi) is 6.23. The first kappa shape index (κ1) is 16.2. The number of carbonyl (C=O) groups is 3. The lowest BCUT2D eigenvalue weighted by molar-refractivity contribution is -0.141. The highest BCUT2D eigenvalue weighted by Crippen LogP contribution is 2.12. The maximum Gasteiger partial charge on any atom is 0.326 e. The number of piperidine rings is 1. The number of aliphatic carboxylic acids is 1. The van der Waals surface area contributed by atoms with Gasteiger partial charge in [0.2, 0.25) is 5.91 Å². The number of primary amides is 1. The van der Waals surface area contributed by atoms with Crippen LogP contribution >= 0.6 is 0 Å². The molecule has 1 atom stereocenters. The molecule has 20 heavy (non-hydrogen) atoms. The molecule has 0 aliphatic carbocycles. The molecule has 0 aromatic rings. The Bertz CT molecular complexity index is 368. The number of carbonyl (C=O) groups excluding carboxylic acids is 2. The van der Waals surface area contributed by atoms with Crippen molar-refractivity contribution in [3.63, 3.8) is 0 Å². The van der Waals surface area contributed by atoms with E-state index in [-0.39, 0.29) is 6.04 Å². The standard InChI is InChI=1S/C12H22N4O4/c1-2-16(8-3-5-14-6-4-8)12(20)15-9(11(18)19)7-10(13)17/h8-9,14H,2-7H2,1H3,(H2,13,17)(H,15,20)(H,18,19). The number of rotatable bonds is 6. The van der Waals surface area contributed by atoms with Crippen molar-refractivity contribution in [3.8, 4) is 0 Å². The molecule has 8 heteroatoms. The van der Waals surface area contributed by atoms with Crippen LogP contribution in [0.5, 0.6) is 0 Å². The van der Waals surface area contributed by atoms with Gasteiger partial charge >= 0.3 is 12.0 Å². The second-order valence-corrected chi connectivity index (χ2v) is 4.78. The van der Waals surface area contributed by atoms with Gasteiger partial charge in [0.25, 0.3) is 0 Å². The number of amides is 3. The highest BCUT2D eigenvalue weighted by Gasteiger charge is 2.28. The lowest BCUT2D eigenvalue weighted by Crippen LogP contribution is -2.54. The first-order chi connectivity index (χ1) is 9.45. The summed E-state index contributed by atoms with van der Waals surface area (Å²) in [5.41, 5.74) is 4.98. The molecule has 0 spiro atoms. The molecule has 1 unspecified atom stereocenters. The summed E-state index contributed by atoms with van der Waals surface area (Å²) in [5.74, 6) is -2.03. The Balaban J connectivity index is 2.64. The van der Waals surface area contributed by atoms with Gasteiger partial charge in [0.05, 0.1) is 6.42 Å². The zero-order chi connectivity index (χ0) is 15.1. The van der Waals surface area contributed by atoms with Crippen LogP contribution in [-0.2, 0) is 9.59 Å². The molecule has 0 saturated carbocycles. The van der Waals surface area contributed by atoms with Crippen molar-refractivity contribution in [1.29, 1.82) is 0 Å². The summed E-state index contributed by atoms with van der Waals surface area (Å²) in [4.78, 5) is 35.6. The third-order valence-electron chi connectivity index (χ3n) is 3.35. The summed E-state index contributed by atoms with van der Waals surface area (Å²) >= 11 is 0. The largest absolute Gasteiger partial charge is 0.480 e. The Morgan fingerprint density at radius 3 is 2.45 bits per heavy atom. The number of hydrogen-bond acceptors (Lipinski definition) is 4. The fourth-order valence-corrected chi connectivity index (χ4v) is 2.32. The average molecular weight is 286 g/mol. The number of hydrogen-bond donors (Lipinski definition) is 4. The summed E-state index contributed by atoms with van der Waals surface area (Å²) in [5, 5.41) is 14.6. The van der Waals surface area contributed by atoms with Crippen LogP contribution in [0.2, 0.25) is 0 Å². The first-order valence-corrected chi connectivity index (χ1v) is 6.74. The van der Waals surface area contributed by atoms with Gasteiger partial charge in [0.1, 0.15) is 6.04 Å². The predicted molar refractivity (Wildman–Crippen MR) is 72.0 cm³/mol. The first-order valence-electron chi connectivity index (χ1n) is 6.74. The van der Waals surface area contributed by atoms with Crippen LogP contribution < -0.4 is 16.4 Å². The lowest BCUT2D eigenvalue weighted by Gasteiger charge is -2.34. The molecule has 0 aromatic heterocycles. The maximum atomic E-state index is 12.1. The molecular weight excluding hydrogens is 264 g/mol. The van der Waals surface area contributed by atoms with E-state index in [0.29, 0.717) is 6.54 Å². The molecule has 1 fully saturated rings. The summed E-state index contributed by atoms with van der Waals surface area (Å²) in [7, 11) is 0. The van der Waals surface area contributed by atoms with Crippen molar-refractivity contribution < 1.29 is 19.5 Å². The van der Waals surface area contributed by atoms with Crippen LogP contribution in [0, 0.1) is 0 Å². The van der Waals surface area contributed by atoms with Crippen LogP contribution in [0.1, 0.15) is 26.2 Å². The van der Waals surface area contributed by atoms with E-state index in [1.54, 1.807) is 4.90 Å².